The highest BCUT2D eigenvalue weighted by atomic mass is 32.2. The first-order chi connectivity index (χ1) is 16.5. The first-order valence-corrected chi connectivity index (χ1v) is 12.9. The molecule has 0 spiro atoms. The molecule has 0 radical (unpaired) electrons. The molecular formula is C25H32F3NO5S. The minimum atomic E-state index is -4.67. The molecule has 1 atom stereocenters. The lowest BCUT2D eigenvalue weighted by Gasteiger charge is -2.27. The summed E-state index contributed by atoms with van der Waals surface area (Å²) in [6.45, 7) is 5.18. The molecule has 2 rings (SSSR count). The lowest BCUT2D eigenvalue weighted by molar-refractivity contribution is -0.138. The molecular weight excluding hydrogens is 483 g/mol. The number of halogens is 3. The fraction of sp³-hybridized carbons (Fsp3) is 0.480. The molecule has 10 heteroatoms. The van der Waals surface area contributed by atoms with Crippen LogP contribution in [0.5, 0.6) is 5.75 Å². The van der Waals surface area contributed by atoms with Crippen molar-refractivity contribution in [2.45, 2.75) is 57.1 Å². The topological polar surface area (TPSA) is 72.9 Å². The van der Waals surface area contributed by atoms with E-state index in [9.17, 15) is 26.4 Å². The zero-order valence-electron chi connectivity index (χ0n) is 20.2. The number of rotatable bonds is 13. The Balaban J connectivity index is 2.15. The Labute approximate surface area is 205 Å². The van der Waals surface area contributed by atoms with Gasteiger partial charge in [0.2, 0.25) is 5.91 Å². The van der Waals surface area contributed by atoms with E-state index in [4.69, 9.17) is 8.92 Å². The molecule has 35 heavy (non-hydrogen) atoms. The Hall–Kier alpha value is -2.59. The van der Waals surface area contributed by atoms with Crippen LogP contribution < -0.4 is 4.18 Å². The van der Waals surface area contributed by atoms with Gasteiger partial charge in [-0.1, -0.05) is 44.9 Å². The second-order valence-corrected chi connectivity index (χ2v) is 9.75. The van der Waals surface area contributed by atoms with Crippen molar-refractivity contribution >= 4 is 16.0 Å². The largest absolute Gasteiger partial charge is 0.416 e. The zero-order valence-corrected chi connectivity index (χ0v) is 21.0. The molecule has 2 aromatic rings. The van der Waals surface area contributed by atoms with Crippen LogP contribution in [0.4, 0.5) is 13.2 Å². The number of amides is 1. The zero-order chi connectivity index (χ0) is 26.1. The third kappa shape index (κ3) is 8.54. The van der Waals surface area contributed by atoms with Crippen LogP contribution in [0.25, 0.3) is 0 Å². The summed E-state index contributed by atoms with van der Waals surface area (Å²) in [5, 5.41) is 0. The van der Waals surface area contributed by atoms with Crippen LogP contribution in [0.15, 0.2) is 53.4 Å². The molecule has 1 unspecified atom stereocenters. The Kier molecular flexibility index (Phi) is 10.6. The van der Waals surface area contributed by atoms with Crippen LogP contribution in [0.2, 0.25) is 0 Å². The molecule has 0 saturated heterocycles. The van der Waals surface area contributed by atoms with E-state index in [1.807, 2.05) is 6.92 Å². The molecule has 0 N–H and O–H groups in total. The minimum absolute atomic E-state index is 0.0460. The summed E-state index contributed by atoms with van der Waals surface area (Å²) in [7, 11) is -2.90. The molecule has 0 heterocycles. The monoisotopic (exact) mass is 515 g/mol. The molecule has 2 aromatic carbocycles. The number of ether oxygens (including phenoxy) is 1. The van der Waals surface area contributed by atoms with Gasteiger partial charge in [0.1, 0.15) is 10.6 Å². The summed E-state index contributed by atoms with van der Waals surface area (Å²) in [4.78, 5) is 14.2. The van der Waals surface area contributed by atoms with E-state index in [2.05, 4.69) is 6.92 Å². The number of carbonyl (C=O) groups excluding carboxylic acids is 1. The van der Waals surface area contributed by atoms with Gasteiger partial charge in [-0.3, -0.25) is 4.79 Å². The van der Waals surface area contributed by atoms with Gasteiger partial charge < -0.3 is 13.8 Å². The summed E-state index contributed by atoms with van der Waals surface area (Å²) in [5.41, 5.74) is -0.328. The smallest absolute Gasteiger partial charge is 0.383 e. The molecule has 0 saturated carbocycles. The summed E-state index contributed by atoms with van der Waals surface area (Å²) in [6.07, 6.45) is -1.15. The van der Waals surface area contributed by atoms with E-state index in [1.165, 1.54) is 12.1 Å². The first-order valence-electron chi connectivity index (χ1n) is 11.5. The standard InChI is InChI=1S/C25H32F3NO5S/c1-4-6-8-20(5-2)24(30)29(15-16-33-3)18-19-11-13-22(14-12-19)34-35(31,32)23-10-7-9-21(17-23)25(26,27)28/h7,9-14,17,20H,4-6,8,15-16,18H2,1-3H3. The van der Waals surface area contributed by atoms with Gasteiger partial charge in [0.15, 0.2) is 0 Å². The van der Waals surface area contributed by atoms with E-state index in [0.717, 1.165) is 49.4 Å². The van der Waals surface area contributed by atoms with E-state index >= 15 is 0 Å². The maximum atomic E-state index is 13.1. The normalized spacial score (nSPS) is 12.9. The molecule has 0 aliphatic rings. The number of benzene rings is 2. The van der Waals surface area contributed by atoms with Crippen LogP contribution >= 0.6 is 0 Å². The average Bonchev–Trinajstić information content (AvgIpc) is 2.82. The number of alkyl halides is 3. The molecule has 0 aliphatic carbocycles. The Morgan fingerprint density at radius 3 is 2.34 bits per heavy atom. The molecule has 0 aromatic heterocycles. The van der Waals surface area contributed by atoms with E-state index in [0.29, 0.717) is 25.8 Å². The van der Waals surface area contributed by atoms with Gasteiger partial charge in [-0.2, -0.15) is 21.6 Å². The predicted octanol–water partition coefficient (Wildman–Crippen LogP) is 5.66. The van der Waals surface area contributed by atoms with Crippen molar-refractivity contribution in [3.63, 3.8) is 0 Å². The maximum absolute atomic E-state index is 13.1. The Morgan fingerprint density at radius 1 is 1.09 bits per heavy atom. The van der Waals surface area contributed by atoms with Crippen LogP contribution in [0.1, 0.15) is 50.7 Å². The average molecular weight is 516 g/mol. The highest BCUT2D eigenvalue weighted by Gasteiger charge is 2.32. The van der Waals surface area contributed by atoms with Crippen molar-refractivity contribution in [2.75, 3.05) is 20.3 Å². The number of carbonyl (C=O) groups is 1. The molecule has 0 bridgehead atoms. The second kappa shape index (κ2) is 12.9. The van der Waals surface area contributed by atoms with E-state index < -0.39 is 26.8 Å². The molecule has 0 fully saturated rings. The third-order valence-corrected chi connectivity index (χ3v) is 6.82. The minimum Gasteiger partial charge on any atom is -0.383 e. The number of unbranched alkanes of at least 4 members (excludes halogenated alkanes) is 1. The Morgan fingerprint density at radius 2 is 1.77 bits per heavy atom. The highest BCUT2D eigenvalue weighted by molar-refractivity contribution is 7.87. The number of hydrogen-bond donors (Lipinski definition) is 0. The van der Waals surface area contributed by atoms with Crippen LogP contribution in [-0.2, 0) is 32.4 Å². The predicted molar refractivity (Wildman–Crippen MR) is 126 cm³/mol. The summed E-state index contributed by atoms with van der Waals surface area (Å²) >= 11 is 0. The summed E-state index contributed by atoms with van der Waals surface area (Å²) in [6, 6.07) is 9.44. The second-order valence-electron chi connectivity index (χ2n) is 8.21. The number of methoxy groups -OCH3 is 1. The lowest BCUT2D eigenvalue weighted by atomic mass is 9.97. The van der Waals surface area contributed by atoms with Crippen molar-refractivity contribution in [3.05, 3.63) is 59.7 Å². The van der Waals surface area contributed by atoms with E-state index in [1.54, 1.807) is 24.1 Å². The van der Waals surface area contributed by atoms with Gasteiger partial charge in [-0.15, -0.1) is 0 Å². The summed E-state index contributed by atoms with van der Waals surface area (Å²) in [5.74, 6) is -0.0761. The van der Waals surface area contributed by atoms with Gasteiger partial charge in [-0.25, -0.2) is 0 Å². The fourth-order valence-corrected chi connectivity index (χ4v) is 4.53. The number of hydrogen-bond acceptors (Lipinski definition) is 5. The van der Waals surface area contributed by atoms with Crippen LogP contribution in [-0.4, -0.2) is 39.5 Å². The summed E-state index contributed by atoms with van der Waals surface area (Å²) < 4.78 is 73.9. The third-order valence-electron chi connectivity index (χ3n) is 5.58. The molecule has 1 amide bonds. The highest BCUT2D eigenvalue weighted by Crippen LogP contribution is 2.31. The van der Waals surface area contributed by atoms with Crippen LogP contribution in [0, 0.1) is 5.92 Å². The lowest BCUT2D eigenvalue weighted by Crippen LogP contribution is -2.37. The van der Waals surface area contributed by atoms with Crippen molar-refractivity contribution in [2.24, 2.45) is 5.92 Å². The van der Waals surface area contributed by atoms with Gasteiger partial charge in [0.05, 0.1) is 12.2 Å². The van der Waals surface area contributed by atoms with E-state index in [-0.39, 0.29) is 17.6 Å². The SMILES string of the molecule is CCCCC(CC)C(=O)N(CCOC)Cc1ccc(OS(=O)(=O)c2cccc(C(F)(F)F)c2)cc1. The Bertz CT molecular complexity index is 1060. The van der Waals surface area contributed by atoms with Crippen molar-refractivity contribution in [1.29, 1.82) is 0 Å². The fourth-order valence-electron chi connectivity index (χ4n) is 3.55. The molecule has 6 nitrogen and oxygen atoms in total. The van der Waals surface area contributed by atoms with Crippen molar-refractivity contribution < 1.29 is 35.3 Å². The van der Waals surface area contributed by atoms with Gasteiger partial charge in [0.25, 0.3) is 0 Å². The van der Waals surface area contributed by atoms with Crippen molar-refractivity contribution in [1.82, 2.24) is 4.90 Å². The maximum Gasteiger partial charge on any atom is 0.416 e. The molecule has 0 aliphatic heterocycles. The van der Waals surface area contributed by atoms with Crippen molar-refractivity contribution in [3.8, 4) is 5.75 Å². The van der Waals surface area contributed by atoms with Gasteiger partial charge in [0, 0.05) is 26.1 Å². The van der Waals surface area contributed by atoms with Crippen LogP contribution in [0.3, 0.4) is 0 Å². The first kappa shape index (κ1) is 28.6. The quantitative estimate of drug-likeness (QED) is 0.322. The van der Waals surface area contributed by atoms with Gasteiger partial charge in [-0.05, 0) is 48.7 Å². The number of nitrogens with zero attached hydrogens (tertiary/aromatic N) is 1. The van der Waals surface area contributed by atoms with Gasteiger partial charge >= 0.3 is 16.3 Å². The molecule has 194 valence electrons.